The van der Waals surface area contributed by atoms with Crippen molar-refractivity contribution in [3.05, 3.63) is 11.6 Å². The Morgan fingerprint density at radius 3 is 2.58 bits per heavy atom. The molecule has 0 aliphatic heterocycles. The van der Waals surface area contributed by atoms with E-state index in [0.717, 1.165) is 6.42 Å². The van der Waals surface area contributed by atoms with Gasteiger partial charge in [-0.1, -0.05) is 0 Å². The molecule has 0 aromatic carbocycles. The van der Waals surface area contributed by atoms with E-state index in [0.29, 0.717) is 19.3 Å². The Morgan fingerprint density at radius 2 is 2.00 bits per heavy atom. The summed E-state index contributed by atoms with van der Waals surface area (Å²) in [4.78, 5) is 36.6. The molecule has 0 fully saturated rings. The highest BCUT2D eigenvalue weighted by Crippen LogP contribution is 2.34. The minimum atomic E-state index is -0.994. The molecule has 5 heteroatoms. The minimum Gasteiger partial charge on any atom is -0.465 e. The number of terminal acetylenes is 1. The first kappa shape index (κ1) is 20.0. The molecule has 0 bridgehead atoms. The number of hydrogen-bond donors (Lipinski definition) is 0. The number of rotatable bonds is 6. The number of Topliss-reactive ketones (excluding diaryl/α,β-unsaturated/α-hetero) is 1. The molecule has 0 radical (unpaired) electrons. The average molecular weight is 334 g/mol. The van der Waals surface area contributed by atoms with Gasteiger partial charge in [0.2, 0.25) is 0 Å². The van der Waals surface area contributed by atoms with Crippen molar-refractivity contribution >= 4 is 17.7 Å². The second-order valence-corrected chi connectivity index (χ2v) is 7.20. The zero-order valence-electron chi connectivity index (χ0n) is 14.9. The summed E-state index contributed by atoms with van der Waals surface area (Å²) in [6.45, 7) is 7.13. The van der Waals surface area contributed by atoms with Crippen LogP contribution in [0.25, 0.3) is 0 Å². The molecule has 0 aromatic rings. The minimum absolute atomic E-state index is 0.0667. The summed E-state index contributed by atoms with van der Waals surface area (Å²) in [5.74, 6) is 1.10. The molecule has 5 nitrogen and oxygen atoms in total. The van der Waals surface area contributed by atoms with Gasteiger partial charge in [0.1, 0.15) is 5.60 Å². The zero-order chi connectivity index (χ0) is 18.4. The van der Waals surface area contributed by atoms with E-state index in [1.165, 1.54) is 6.08 Å². The molecule has 0 N–H and O–H groups in total. The topological polar surface area (TPSA) is 69.7 Å². The summed E-state index contributed by atoms with van der Waals surface area (Å²) in [5.41, 5.74) is -1.77. The summed E-state index contributed by atoms with van der Waals surface area (Å²) in [5, 5.41) is 0. The lowest BCUT2D eigenvalue weighted by Crippen LogP contribution is -2.36. The predicted molar refractivity (Wildman–Crippen MR) is 89.9 cm³/mol. The van der Waals surface area contributed by atoms with Gasteiger partial charge in [0.25, 0.3) is 0 Å². The van der Waals surface area contributed by atoms with E-state index in [4.69, 9.17) is 15.9 Å². The third-order valence-corrected chi connectivity index (χ3v) is 3.67. The van der Waals surface area contributed by atoms with Crippen molar-refractivity contribution in [2.75, 3.05) is 6.61 Å². The lowest BCUT2D eigenvalue weighted by Gasteiger charge is -2.29. The van der Waals surface area contributed by atoms with E-state index in [9.17, 15) is 14.4 Å². The standard InChI is InChI=1S/C19H26O5/c1-6-7-8-9-12-23-17(22)19(5)11-10-15(20)14(13-19)16(21)24-18(2,3)4/h1,13H,7-12H2,2-5H3/t19-/m0/s1. The molecule has 0 aromatic heterocycles. The lowest BCUT2D eigenvalue weighted by molar-refractivity contribution is -0.153. The van der Waals surface area contributed by atoms with Gasteiger partial charge in [0.05, 0.1) is 17.6 Å². The van der Waals surface area contributed by atoms with Gasteiger partial charge >= 0.3 is 11.9 Å². The molecule has 1 rings (SSSR count). The van der Waals surface area contributed by atoms with Crippen molar-refractivity contribution in [1.29, 1.82) is 0 Å². The maximum atomic E-state index is 12.3. The van der Waals surface area contributed by atoms with Gasteiger partial charge in [-0.15, -0.1) is 12.3 Å². The van der Waals surface area contributed by atoms with Crippen molar-refractivity contribution < 1.29 is 23.9 Å². The summed E-state index contributed by atoms with van der Waals surface area (Å²) in [6.07, 6.45) is 9.13. The fraction of sp³-hybridized carbons (Fsp3) is 0.632. The first-order valence-electron chi connectivity index (χ1n) is 8.19. The summed E-state index contributed by atoms with van der Waals surface area (Å²) >= 11 is 0. The molecule has 0 saturated heterocycles. The number of hydrogen-bond acceptors (Lipinski definition) is 5. The highest BCUT2D eigenvalue weighted by molar-refractivity contribution is 6.18. The van der Waals surface area contributed by atoms with E-state index in [1.807, 2.05) is 0 Å². The Balaban J connectivity index is 2.78. The Labute approximate surface area is 143 Å². The van der Waals surface area contributed by atoms with Gasteiger partial charge in [0, 0.05) is 12.8 Å². The predicted octanol–water partition coefficient (Wildman–Crippen LogP) is 2.97. The molecule has 1 aliphatic rings. The van der Waals surface area contributed by atoms with Gasteiger partial charge in [0.15, 0.2) is 5.78 Å². The van der Waals surface area contributed by atoms with Crippen LogP contribution >= 0.6 is 0 Å². The molecular formula is C19H26O5. The van der Waals surface area contributed by atoms with Crippen LogP contribution in [0.15, 0.2) is 11.6 Å². The van der Waals surface area contributed by atoms with E-state index in [1.54, 1.807) is 27.7 Å². The van der Waals surface area contributed by atoms with Crippen LogP contribution in [0.5, 0.6) is 0 Å². The maximum Gasteiger partial charge on any atom is 0.341 e. The van der Waals surface area contributed by atoms with E-state index >= 15 is 0 Å². The number of esters is 2. The van der Waals surface area contributed by atoms with Crippen molar-refractivity contribution in [2.24, 2.45) is 5.41 Å². The molecule has 24 heavy (non-hydrogen) atoms. The van der Waals surface area contributed by atoms with E-state index in [2.05, 4.69) is 5.92 Å². The molecular weight excluding hydrogens is 308 g/mol. The Hall–Kier alpha value is -2.09. The first-order chi connectivity index (χ1) is 11.1. The lowest BCUT2D eigenvalue weighted by atomic mass is 9.77. The fourth-order valence-electron chi connectivity index (χ4n) is 2.30. The maximum absolute atomic E-state index is 12.3. The SMILES string of the molecule is C#CCCCCOC(=O)[C@]1(C)C=C(C(=O)OC(C)(C)C)C(=O)CC1. The number of carbonyl (C=O) groups excluding carboxylic acids is 3. The zero-order valence-corrected chi connectivity index (χ0v) is 14.9. The fourth-order valence-corrected chi connectivity index (χ4v) is 2.30. The van der Waals surface area contributed by atoms with Crippen molar-refractivity contribution in [3.8, 4) is 12.3 Å². The second-order valence-electron chi connectivity index (χ2n) is 7.20. The summed E-state index contributed by atoms with van der Waals surface area (Å²) in [6, 6.07) is 0. The normalized spacial score (nSPS) is 20.8. The summed E-state index contributed by atoms with van der Waals surface area (Å²) in [7, 11) is 0. The van der Waals surface area contributed by atoms with Crippen LogP contribution in [-0.2, 0) is 23.9 Å². The van der Waals surface area contributed by atoms with Crippen molar-refractivity contribution in [2.45, 2.75) is 65.4 Å². The highest BCUT2D eigenvalue weighted by atomic mass is 16.6. The highest BCUT2D eigenvalue weighted by Gasteiger charge is 2.40. The van der Waals surface area contributed by atoms with Crippen LogP contribution < -0.4 is 0 Å². The largest absolute Gasteiger partial charge is 0.465 e. The quantitative estimate of drug-likeness (QED) is 0.323. The van der Waals surface area contributed by atoms with Crippen LogP contribution in [0.3, 0.4) is 0 Å². The molecule has 1 aliphatic carbocycles. The number of ketones is 1. The van der Waals surface area contributed by atoms with Crippen LogP contribution in [0.4, 0.5) is 0 Å². The van der Waals surface area contributed by atoms with Crippen molar-refractivity contribution in [3.63, 3.8) is 0 Å². The van der Waals surface area contributed by atoms with Gasteiger partial charge in [-0.2, -0.15) is 0 Å². The number of ether oxygens (including phenoxy) is 2. The van der Waals surface area contributed by atoms with Crippen LogP contribution in [0.2, 0.25) is 0 Å². The molecule has 0 saturated carbocycles. The van der Waals surface area contributed by atoms with Gasteiger partial charge in [-0.3, -0.25) is 9.59 Å². The number of unbranched alkanes of at least 4 members (excludes halogenated alkanes) is 2. The Kier molecular flexibility index (Phi) is 6.77. The molecule has 0 heterocycles. The van der Waals surface area contributed by atoms with E-state index < -0.39 is 23.0 Å². The van der Waals surface area contributed by atoms with Crippen LogP contribution in [-0.4, -0.2) is 29.9 Å². The molecule has 0 spiro atoms. The first-order valence-corrected chi connectivity index (χ1v) is 8.19. The smallest absolute Gasteiger partial charge is 0.341 e. The third-order valence-electron chi connectivity index (χ3n) is 3.67. The van der Waals surface area contributed by atoms with E-state index in [-0.39, 0.29) is 24.4 Å². The molecule has 1 atom stereocenters. The van der Waals surface area contributed by atoms with Gasteiger partial charge in [-0.05, 0) is 53.0 Å². The third kappa shape index (κ3) is 5.84. The second kappa shape index (κ2) is 8.14. The Morgan fingerprint density at radius 1 is 1.33 bits per heavy atom. The molecule has 0 unspecified atom stereocenters. The van der Waals surface area contributed by atoms with Gasteiger partial charge in [-0.25, -0.2) is 4.79 Å². The number of carbonyl (C=O) groups is 3. The van der Waals surface area contributed by atoms with Crippen LogP contribution in [0.1, 0.15) is 59.8 Å². The van der Waals surface area contributed by atoms with Crippen molar-refractivity contribution in [1.82, 2.24) is 0 Å². The molecule has 0 amide bonds. The summed E-state index contributed by atoms with van der Waals surface area (Å²) < 4.78 is 10.5. The monoisotopic (exact) mass is 334 g/mol. The van der Waals surface area contributed by atoms with Gasteiger partial charge < -0.3 is 9.47 Å². The Bertz CT molecular complexity index is 574. The van der Waals surface area contributed by atoms with Crippen LogP contribution in [0, 0.1) is 17.8 Å². The average Bonchev–Trinajstić information content (AvgIpc) is 2.47. The molecule has 132 valence electrons.